The van der Waals surface area contributed by atoms with Gasteiger partial charge in [0.15, 0.2) is 0 Å². The molecule has 2 rings (SSSR count). The normalized spacial score (nSPS) is 15.2. The summed E-state index contributed by atoms with van der Waals surface area (Å²) in [6.45, 7) is 0. The van der Waals surface area contributed by atoms with Gasteiger partial charge < -0.3 is 0 Å². The van der Waals surface area contributed by atoms with Gasteiger partial charge in [-0.2, -0.15) is 4.39 Å². The summed E-state index contributed by atoms with van der Waals surface area (Å²) >= 11 is 1.06. The van der Waals surface area contributed by atoms with E-state index in [0.717, 1.165) is 24.8 Å². The van der Waals surface area contributed by atoms with E-state index >= 15 is 0 Å². The van der Waals surface area contributed by atoms with Crippen molar-refractivity contribution in [2.75, 3.05) is 0 Å². The van der Waals surface area contributed by atoms with Crippen molar-refractivity contribution in [3.63, 3.8) is 0 Å². The standard InChI is InChI=1S/C9H9FN2OS/c10-7-2-1-3-8(11-7)14-12-9(13)6-4-5-6/h1-3,6H,4-5H2,(H,12,13). The van der Waals surface area contributed by atoms with E-state index in [-0.39, 0.29) is 11.8 Å². The molecule has 1 aromatic heterocycles. The monoisotopic (exact) mass is 212 g/mol. The number of pyridine rings is 1. The molecule has 1 amide bonds. The Balaban J connectivity index is 1.87. The maximum absolute atomic E-state index is 12.6. The molecular formula is C9H9FN2OS. The van der Waals surface area contributed by atoms with Crippen molar-refractivity contribution < 1.29 is 9.18 Å². The third-order valence-electron chi connectivity index (χ3n) is 1.89. The molecule has 74 valence electrons. The number of nitrogens with one attached hydrogen (secondary N) is 1. The van der Waals surface area contributed by atoms with E-state index in [1.165, 1.54) is 6.07 Å². The summed E-state index contributed by atoms with van der Waals surface area (Å²) in [6, 6.07) is 4.49. The first kappa shape index (κ1) is 9.45. The molecule has 0 spiro atoms. The number of nitrogens with zero attached hydrogens (tertiary/aromatic N) is 1. The van der Waals surface area contributed by atoms with E-state index in [2.05, 4.69) is 9.71 Å². The Morgan fingerprint density at radius 2 is 2.36 bits per heavy atom. The first-order valence-electron chi connectivity index (χ1n) is 4.35. The van der Waals surface area contributed by atoms with Crippen LogP contribution >= 0.6 is 11.9 Å². The van der Waals surface area contributed by atoms with Gasteiger partial charge in [0.25, 0.3) is 0 Å². The number of halogens is 1. The minimum atomic E-state index is -0.532. The predicted molar refractivity (Wildman–Crippen MR) is 50.9 cm³/mol. The van der Waals surface area contributed by atoms with Gasteiger partial charge in [-0.25, -0.2) is 4.98 Å². The first-order chi connectivity index (χ1) is 6.75. The third-order valence-corrected chi connectivity index (χ3v) is 2.63. The van der Waals surface area contributed by atoms with Crippen LogP contribution < -0.4 is 4.72 Å². The Labute approximate surface area is 85.2 Å². The SMILES string of the molecule is O=C(NSc1cccc(F)n1)C1CC1. The third kappa shape index (κ3) is 2.45. The molecule has 1 saturated carbocycles. The molecule has 5 heteroatoms. The van der Waals surface area contributed by atoms with Crippen molar-refractivity contribution in [2.45, 2.75) is 17.9 Å². The van der Waals surface area contributed by atoms with Crippen molar-refractivity contribution in [3.05, 3.63) is 24.1 Å². The Morgan fingerprint density at radius 3 is 3.00 bits per heavy atom. The highest BCUT2D eigenvalue weighted by Crippen LogP contribution is 2.29. The number of aromatic nitrogens is 1. The lowest BCUT2D eigenvalue weighted by Gasteiger charge is -2.01. The van der Waals surface area contributed by atoms with Crippen LogP contribution in [0, 0.1) is 11.9 Å². The molecule has 0 unspecified atom stereocenters. The maximum Gasteiger partial charge on any atom is 0.233 e. The lowest BCUT2D eigenvalue weighted by molar-refractivity contribution is -0.120. The fourth-order valence-corrected chi connectivity index (χ4v) is 1.63. The zero-order chi connectivity index (χ0) is 9.97. The van der Waals surface area contributed by atoms with E-state index in [1.807, 2.05) is 0 Å². The summed E-state index contributed by atoms with van der Waals surface area (Å²) < 4.78 is 15.3. The topological polar surface area (TPSA) is 42.0 Å². The van der Waals surface area contributed by atoms with Gasteiger partial charge in [0, 0.05) is 17.9 Å². The fraction of sp³-hybridized carbons (Fsp3) is 0.333. The van der Waals surface area contributed by atoms with Crippen molar-refractivity contribution in [2.24, 2.45) is 5.92 Å². The van der Waals surface area contributed by atoms with Gasteiger partial charge in [-0.1, -0.05) is 6.07 Å². The minimum Gasteiger partial charge on any atom is -0.294 e. The molecule has 0 aliphatic heterocycles. The van der Waals surface area contributed by atoms with Crippen LogP contribution in [-0.2, 0) is 4.79 Å². The smallest absolute Gasteiger partial charge is 0.233 e. The molecule has 1 heterocycles. The zero-order valence-corrected chi connectivity index (χ0v) is 8.18. The first-order valence-corrected chi connectivity index (χ1v) is 5.16. The molecule has 1 aliphatic rings. The molecule has 14 heavy (non-hydrogen) atoms. The van der Waals surface area contributed by atoms with Crippen molar-refractivity contribution in [1.82, 2.24) is 9.71 Å². The second-order valence-electron chi connectivity index (χ2n) is 3.14. The molecule has 0 aromatic carbocycles. The van der Waals surface area contributed by atoms with Gasteiger partial charge in [0.1, 0.15) is 5.03 Å². The molecule has 0 saturated heterocycles. The predicted octanol–water partition coefficient (Wildman–Crippen LogP) is 1.75. The lowest BCUT2D eigenvalue weighted by Crippen LogP contribution is -2.17. The summed E-state index contributed by atoms with van der Waals surface area (Å²) in [6.07, 6.45) is 1.92. The van der Waals surface area contributed by atoms with Gasteiger partial charge in [0.05, 0.1) is 0 Å². The van der Waals surface area contributed by atoms with Gasteiger partial charge in [0.2, 0.25) is 11.9 Å². The summed E-state index contributed by atoms with van der Waals surface area (Å²) in [7, 11) is 0. The Hall–Kier alpha value is -1.10. The number of amides is 1. The van der Waals surface area contributed by atoms with Crippen LogP contribution in [0.3, 0.4) is 0 Å². The Kier molecular flexibility index (Phi) is 2.67. The zero-order valence-electron chi connectivity index (χ0n) is 7.37. The van der Waals surface area contributed by atoms with Gasteiger partial charge in [-0.3, -0.25) is 9.52 Å². The highest BCUT2D eigenvalue weighted by molar-refractivity contribution is 7.97. The maximum atomic E-state index is 12.6. The summed E-state index contributed by atoms with van der Waals surface area (Å²) in [4.78, 5) is 14.8. The molecule has 0 radical (unpaired) electrons. The van der Waals surface area contributed by atoms with E-state index in [1.54, 1.807) is 12.1 Å². The molecule has 1 aliphatic carbocycles. The molecule has 0 bridgehead atoms. The lowest BCUT2D eigenvalue weighted by atomic mass is 10.4. The van der Waals surface area contributed by atoms with E-state index in [0.29, 0.717) is 5.03 Å². The summed E-state index contributed by atoms with van der Waals surface area (Å²) in [5.74, 6) is -0.354. The highest BCUT2D eigenvalue weighted by Gasteiger charge is 2.29. The minimum absolute atomic E-state index is 0.0149. The Bertz CT molecular complexity index is 354. The van der Waals surface area contributed by atoms with Crippen molar-refractivity contribution in [3.8, 4) is 0 Å². The Morgan fingerprint density at radius 1 is 1.57 bits per heavy atom. The average Bonchev–Trinajstić information content (AvgIpc) is 2.97. The number of carbonyl (C=O) groups is 1. The van der Waals surface area contributed by atoms with Crippen LogP contribution in [0.5, 0.6) is 0 Å². The van der Waals surface area contributed by atoms with Crippen LogP contribution in [0.15, 0.2) is 23.2 Å². The largest absolute Gasteiger partial charge is 0.294 e. The molecular weight excluding hydrogens is 203 g/mol. The second-order valence-corrected chi connectivity index (χ2v) is 3.97. The van der Waals surface area contributed by atoms with Crippen LogP contribution in [-0.4, -0.2) is 10.9 Å². The van der Waals surface area contributed by atoms with Crippen LogP contribution in [0.4, 0.5) is 4.39 Å². The fourth-order valence-electron chi connectivity index (χ4n) is 0.978. The number of hydrogen-bond acceptors (Lipinski definition) is 3. The highest BCUT2D eigenvalue weighted by atomic mass is 32.2. The quantitative estimate of drug-likeness (QED) is 0.613. The average molecular weight is 212 g/mol. The summed E-state index contributed by atoms with van der Waals surface area (Å²) in [5.41, 5.74) is 0. The molecule has 1 aromatic rings. The van der Waals surface area contributed by atoms with E-state index < -0.39 is 5.95 Å². The van der Waals surface area contributed by atoms with Gasteiger partial charge in [-0.05, 0) is 25.0 Å². The van der Waals surface area contributed by atoms with E-state index in [4.69, 9.17) is 0 Å². The van der Waals surface area contributed by atoms with Crippen LogP contribution in [0.25, 0.3) is 0 Å². The van der Waals surface area contributed by atoms with E-state index in [9.17, 15) is 9.18 Å². The van der Waals surface area contributed by atoms with Gasteiger partial charge >= 0.3 is 0 Å². The second kappa shape index (κ2) is 3.96. The van der Waals surface area contributed by atoms with Crippen molar-refractivity contribution >= 4 is 17.9 Å². The van der Waals surface area contributed by atoms with Crippen LogP contribution in [0.2, 0.25) is 0 Å². The molecule has 1 N–H and O–H groups in total. The molecule has 1 fully saturated rings. The summed E-state index contributed by atoms with van der Waals surface area (Å²) in [5, 5.41) is 0.471. The van der Waals surface area contributed by atoms with Gasteiger partial charge in [-0.15, -0.1) is 0 Å². The molecule has 0 atom stereocenters. The molecule has 3 nitrogen and oxygen atoms in total. The number of rotatable bonds is 3. The van der Waals surface area contributed by atoms with Crippen LogP contribution in [0.1, 0.15) is 12.8 Å². The number of carbonyl (C=O) groups excluding carboxylic acids is 1. The van der Waals surface area contributed by atoms with Crippen molar-refractivity contribution in [1.29, 1.82) is 0 Å². The number of hydrogen-bond donors (Lipinski definition) is 1.